The lowest BCUT2D eigenvalue weighted by Crippen LogP contribution is -2.56. The van der Waals surface area contributed by atoms with Crippen molar-refractivity contribution >= 4 is 24.0 Å². The van der Waals surface area contributed by atoms with Crippen LogP contribution in [-0.2, 0) is 0 Å². The molecule has 2 aliphatic carbocycles. The van der Waals surface area contributed by atoms with Crippen molar-refractivity contribution in [3.63, 3.8) is 0 Å². The van der Waals surface area contributed by atoms with Crippen LogP contribution in [0.25, 0.3) is 0 Å². The Morgan fingerprint density at radius 3 is 2.39 bits per heavy atom. The van der Waals surface area contributed by atoms with E-state index in [0.717, 1.165) is 24.4 Å². The lowest BCUT2D eigenvalue weighted by Gasteiger charge is -2.55. The third-order valence-electron chi connectivity index (χ3n) is 6.91. The smallest absolute Gasteiger partial charge is 0.274 e. The number of likely N-dealkylation sites (tertiary alicyclic amines) is 1. The number of benzene rings is 1. The number of anilines is 1. The molecule has 1 spiro atoms. The Kier molecular flexibility index (Phi) is 5.52. The van der Waals surface area contributed by atoms with Crippen molar-refractivity contribution < 1.29 is 4.79 Å². The number of aromatic amines is 1. The van der Waals surface area contributed by atoms with Gasteiger partial charge >= 0.3 is 0 Å². The minimum absolute atomic E-state index is 0. The number of amides is 1. The SMILES string of the molecule is Cl.O=C(c1ccc[nH]1)N(c1ccccc1)C1CC2(CCN(CC3CC3)CC2)C1. The molecule has 5 rings (SSSR count). The van der Waals surface area contributed by atoms with E-state index in [-0.39, 0.29) is 18.3 Å². The molecule has 2 heterocycles. The molecule has 0 radical (unpaired) electrons. The second kappa shape index (κ2) is 7.92. The van der Waals surface area contributed by atoms with Crippen molar-refractivity contribution in [2.75, 3.05) is 24.5 Å². The van der Waals surface area contributed by atoms with Gasteiger partial charge in [0.2, 0.25) is 0 Å². The van der Waals surface area contributed by atoms with E-state index in [1.54, 1.807) is 0 Å². The maximum atomic E-state index is 13.2. The van der Waals surface area contributed by atoms with E-state index in [0.29, 0.717) is 17.2 Å². The van der Waals surface area contributed by atoms with E-state index < -0.39 is 0 Å². The van der Waals surface area contributed by atoms with Crippen molar-refractivity contribution in [2.24, 2.45) is 11.3 Å². The number of hydrogen-bond acceptors (Lipinski definition) is 2. The standard InChI is InChI=1S/C23H29N3O.ClH/c27-22(21-7-4-12-24-21)26(19-5-2-1-3-6-19)20-15-23(16-20)10-13-25(14-11-23)17-18-8-9-18;/h1-7,12,18,20,24H,8-11,13-17H2;1H. The lowest BCUT2D eigenvalue weighted by molar-refractivity contribution is 0.0140. The average Bonchev–Trinajstić information content (AvgIpc) is 3.31. The van der Waals surface area contributed by atoms with Gasteiger partial charge < -0.3 is 14.8 Å². The number of piperidine rings is 1. The molecular weight excluding hydrogens is 370 g/mol. The normalized spacial score (nSPS) is 21.7. The first-order valence-corrected chi connectivity index (χ1v) is 10.5. The molecule has 4 nitrogen and oxygen atoms in total. The van der Waals surface area contributed by atoms with Gasteiger partial charge in [-0.2, -0.15) is 0 Å². The Balaban J connectivity index is 0.00000192. The van der Waals surface area contributed by atoms with E-state index in [1.165, 1.54) is 45.3 Å². The minimum Gasteiger partial charge on any atom is -0.357 e. The highest BCUT2D eigenvalue weighted by molar-refractivity contribution is 6.05. The van der Waals surface area contributed by atoms with E-state index in [1.807, 2.05) is 41.4 Å². The van der Waals surface area contributed by atoms with Gasteiger partial charge in [-0.25, -0.2) is 0 Å². The van der Waals surface area contributed by atoms with Crippen LogP contribution in [0.3, 0.4) is 0 Å². The number of halogens is 1. The Bertz CT molecular complexity index is 771. The van der Waals surface area contributed by atoms with Gasteiger partial charge in [0.15, 0.2) is 0 Å². The molecule has 3 aliphatic rings. The molecule has 28 heavy (non-hydrogen) atoms. The summed E-state index contributed by atoms with van der Waals surface area (Å²) in [7, 11) is 0. The Labute approximate surface area is 173 Å². The molecule has 150 valence electrons. The van der Waals surface area contributed by atoms with Gasteiger partial charge in [0.05, 0.1) is 0 Å². The van der Waals surface area contributed by atoms with Gasteiger partial charge in [-0.05, 0) is 87.2 Å². The van der Waals surface area contributed by atoms with E-state index in [9.17, 15) is 4.79 Å². The molecule has 1 N–H and O–H groups in total. The van der Waals surface area contributed by atoms with Crippen molar-refractivity contribution in [1.29, 1.82) is 0 Å². The summed E-state index contributed by atoms with van der Waals surface area (Å²) >= 11 is 0. The first kappa shape index (κ1) is 19.5. The van der Waals surface area contributed by atoms with Crippen LogP contribution in [0.2, 0.25) is 0 Å². The maximum absolute atomic E-state index is 13.2. The molecule has 0 unspecified atom stereocenters. The quantitative estimate of drug-likeness (QED) is 0.788. The molecular formula is C23H30ClN3O. The summed E-state index contributed by atoms with van der Waals surface area (Å²) in [6, 6.07) is 14.3. The first-order valence-electron chi connectivity index (χ1n) is 10.5. The summed E-state index contributed by atoms with van der Waals surface area (Å²) in [6.45, 7) is 3.82. The van der Waals surface area contributed by atoms with Crippen LogP contribution in [0.5, 0.6) is 0 Å². The van der Waals surface area contributed by atoms with Gasteiger partial charge in [0, 0.05) is 24.5 Å². The zero-order chi connectivity index (χ0) is 18.3. The fourth-order valence-corrected chi connectivity index (χ4v) is 5.08. The number of aromatic nitrogens is 1. The van der Waals surface area contributed by atoms with E-state index >= 15 is 0 Å². The van der Waals surface area contributed by atoms with E-state index in [2.05, 4.69) is 22.0 Å². The van der Waals surface area contributed by atoms with Gasteiger partial charge in [0.25, 0.3) is 5.91 Å². The van der Waals surface area contributed by atoms with Crippen molar-refractivity contribution in [3.8, 4) is 0 Å². The van der Waals surface area contributed by atoms with Crippen LogP contribution in [0.1, 0.15) is 49.0 Å². The van der Waals surface area contributed by atoms with Crippen LogP contribution in [0, 0.1) is 11.3 Å². The van der Waals surface area contributed by atoms with Crippen LogP contribution >= 0.6 is 12.4 Å². The zero-order valence-corrected chi connectivity index (χ0v) is 17.2. The molecule has 5 heteroatoms. The molecule has 1 aliphatic heterocycles. The number of nitrogens with zero attached hydrogens (tertiary/aromatic N) is 2. The molecule has 0 atom stereocenters. The predicted molar refractivity (Wildman–Crippen MR) is 115 cm³/mol. The number of rotatable bonds is 5. The van der Waals surface area contributed by atoms with Crippen LogP contribution in [0.15, 0.2) is 48.7 Å². The molecule has 2 aromatic rings. The Morgan fingerprint density at radius 2 is 1.79 bits per heavy atom. The summed E-state index contributed by atoms with van der Waals surface area (Å²) in [5.74, 6) is 1.08. The highest BCUT2D eigenvalue weighted by Gasteiger charge is 2.49. The number of carbonyl (C=O) groups excluding carboxylic acids is 1. The topological polar surface area (TPSA) is 39.3 Å². The predicted octanol–water partition coefficient (Wildman–Crippen LogP) is 4.74. The largest absolute Gasteiger partial charge is 0.357 e. The molecule has 1 amide bonds. The Hall–Kier alpha value is -1.78. The Morgan fingerprint density at radius 1 is 1.07 bits per heavy atom. The number of hydrogen-bond donors (Lipinski definition) is 1. The maximum Gasteiger partial charge on any atom is 0.274 e. The van der Waals surface area contributed by atoms with Gasteiger partial charge in [-0.15, -0.1) is 12.4 Å². The number of H-pyrrole nitrogens is 1. The molecule has 3 fully saturated rings. The third-order valence-corrected chi connectivity index (χ3v) is 6.91. The number of para-hydroxylation sites is 1. The molecule has 1 aromatic carbocycles. The van der Waals surface area contributed by atoms with Crippen molar-refractivity contribution in [3.05, 3.63) is 54.4 Å². The van der Waals surface area contributed by atoms with Gasteiger partial charge in [0.1, 0.15) is 5.69 Å². The summed E-state index contributed by atoms with van der Waals surface area (Å²) in [6.07, 6.45) is 9.60. The summed E-state index contributed by atoms with van der Waals surface area (Å²) in [5, 5.41) is 0. The monoisotopic (exact) mass is 399 g/mol. The van der Waals surface area contributed by atoms with Crippen molar-refractivity contribution in [1.82, 2.24) is 9.88 Å². The van der Waals surface area contributed by atoms with Gasteiger partial charge in [-0.3, -0.25) is 4.79 Å². The van der Waals surface area contributed by atoms with Crippen LogP contribution in [-0.4, -0.2) is 41.5 Å². The molecule has 1 saturated heterocycles. The van der Waals surface area contributed by atoms with Crippen LogP contribution < -0.4 is 4.90 Å². The van der Waals surface area contributed by atoms with Gasteiger partial charge in [-0.1, -0.05) is 18.2 Å². The number of carbonyl (C=O) groups is 1. The summed E-state index contributed by atoms with van der Waals surface area (Å²) in [5.41, 5.74) is 2.16. The molecule has 0 bridgehead atoms. The van der Waals surface area contributed by atoms with Crippen LogP contribution in [0.4, 0.5) is 5.69 Å². The summed E-state index contributed by atoms with van der Waals surface area (Å²) < 4.78 is 0. The minimum atomic E-state index is 0. The van der Waals surface area contributed by atoms with Crippen molar-refractivity contribution in [2.45, 2.75) is 44.6 Å². The fraction of sp³-hybridized carbons (Fsp3) is 0.522. The molecule has 2 saturated carbocycles. The van der Waals surface area contributed by atoms with E-state index in [4.69, 9.17) is 0 Å². The molecule has 1 aromatic heterocycles. The number of nitrogens with one attached hydrogen (secondary N) is 1. The summed E-state index contributed by atoms with van der Waals surface area (Å²) in [4.78, 5) is 21.0. The second-order valence-electron chi connectivity index (χ2n) is 8.90. The lowest BCUT2D eigenvalue weighted by atomic mass is 9.60. The zero-order valence-electron chi connectivity index (χ0n) is 16.3. The highest BCUT2D eigenvalue weighted by Crippen LogP contribution is 2.52. The fourth-order valence-electron chi connectivity index (χ4n) is 5.08. The third kappa shape index (κ3) is 3.85. The second-order valence-corrected chi connectivity index (χ2v) is 8.90. The average molecular weight is 400 g/mol. The highest BCUT2D eigenvalue weighted by atomic mass is 35.5. The first-order chi connectivity index (χ1) is 13.2.